The van der Waals surface area contributed by atoms with Gasteiger partial charge in [0, 0.05) is 24.7 Å². The fraction of sp³-hybridized carbons (Fsp3) is 0.395. The molecule has 1 saturated heterocycles. The minimum Gasteiger partial charge on any atom is -0.492 e. The van der Waals surface area contributed by atoms with Crippen LogP contribution in [-0.4, -0.2) is 94.0 Å². The average Bonchev–Trinajstić information content (AvgIpc) is 3.94. The van der Waals surface area contributed by atoms with Gasteiger partial charge in [0.05, 0.1) is 25.2 Å². The Morgan fingerprint density at radius 2 is 1.59 bits per heavy atom. The van der Waals surface area contributed by atoms with Gasteiger partial charge in [-0.2, -0.15) is 4.39 Å². The lowest BCUT2D eigenvalue weighted by molar-refractivity contribution is -0.129. The molecule has 0 radical (unpaired) electrons. The zero-order chi connectivity index (χ0) is 36.4. The Kier molecular flexibility index (Phi) is 10.4. The summed E-state index contributed by atoms with van der Waals surface area (Å²) < 4.78 is 52.6. The average molecular weight is 708 g/mol. The molecule has 3 aliphatic rings. The Hall–Kier alpha value is -5.20. The smallest absolute Gasteiger partial charge is 0.408 e. The maximum absolute atomic E-state index is 14.6. The molecule has 2 bridgehead atoms. The molecule has 1 aliphatic carbocycles. The molecule has 13 heteroatoms. The summed E-state index contributed by atoms with van der Waals surface area (Å²) in [5.74, 6) is -3.98. The van der Waals surface area contributed by atoms with Crippen LogP contribution in [-0.2, 0) is 11.2 Å². The highest BCUT2D eigenvalue weighted by molar-refractivity contribution is 6.04. The second-order valence-corrected chi connectivity index (χ2v) is 13.3. The van der Waals surface area contributed by atoms with Crippen LogP contribution in [0, 0.1) is 31.3 Å². The van der Waals surface area contributed by atoms with E-state index in [1.54, 1.807) is 4.90 Å². The van der Waals surface area contributed by atoms with Crippen LogP contribution in [0.3, 0.4) is 0 Å². The van der Waals surface area contributed by atoms with E-state index in [4.69, 9.17) is 9.47 Å². The molecular weight excluding hydrogens is 667 g/mol. The molecule has 270 valence electrons. The van der Waals surface area contributed by atoms with Crippen LogP contribution in [0.15, 0.2) is 60.2 Å². The van der Waals surface area contributed by atoms with Gasteiger partial charge in [-0.05, 0) is 98.0 Å². The summed E-state index contributed by atoms with van der Waals surface area (Å²) in [6, 6.07) is 12.9. The van der Waals surface area contributed by atoms with Gasteiger partial charge < -0.3 is 29.5 Å². The lowest BCUT2D eigenvalue weighted by atomic mass is 9.81. The van der Waals surface area contributed by atoms with E-state index in [1.807, 2.05) is 56.3 Å². The molecule has 3 aromatic carbocycles. The third kappa shape index (κ3) is 7.77. The molecule has 6 rings (SSSR count). The first-order valence-electron chi connectivity index (χ1n) is 17.0. The van der Waals surface area contributed by atoms with E-state index in [0.717, 1.165) is 35.6 Å². The predicted octanol–water partition coefficient (Wildman–Crippen LogP) is 6.67. The summed E-state index contributed by atoms with van der Waals surface area (Å²) in [5, 5.41) is 20.2. The number of amides is 3. The predicted molar refractivity (Wildman–Crippen MR) is 181 cm³/mol. The second kappa shape index (κ2) is 15.0. The number of aryl methyl sites for hydroxylation is 3. The van der Waals surface area contributed by atoms with E-state index in [2.05, 4.69) is 0 Å². The number of nitrogens with zero attached hydrogens (tertiary/aromatic N) is 3. The highest BCUT2D eigenvalue weighted by Gasteiger charge is 2.49. The molecule has 51 heavy (non-hydrogen) atoms. The van der Waals surface area contributed by atoms with Gasteiger partial charge in [-0.3, -0.25) is 9.69 Å². The highest BCUT2D eigenvalue weighted by Crippen LogP contribution is 2.41. The molecule has 2 heterocycles. The lowest BCUT2D eigenvalue weighted by Crippen LogP contribution is -2.65. The fourth-order valence-corrected chi connectivity index (χ4v) is 6.92. The largest absolute Gasteiger partial charge is 0.492 e. The SMILES string of the molecule is Cc1ccc(OCCN(C(=O)C2=C(c3ccc(CCCOc4c(F)ccc(F)c4F)cc3)C[C@@H]3CN(C(=O)O)C[C@H]2N3C(=O)O)C2CC2)cc1C. The van der Waals surface area contributed by atoms with Crippen LogP contribution in [0.25, 0.3) is 5.57 Å². The number of carbonyl (C=O) groups is 3. The first kappa shape index (κ1) is 35.6. The topological polar surface area (TPSA) is 120 Å². The summed E-state index contributed by atoms with van der Waals surface area (Å²) in [6.07, 6.45) is 0.199. The third-order valence-corrected chi connectivity index (χ3v) is 9.86. The molecule has 2 aliphatic heterocycles. The van der Waals surface area contributed by atoms with Gasteiger partial charge in [0.15, 0.2) is 17.4 Å². The molecule has 0 spiro atoms. The van der Waals surface area contributed by atoms with Crippen molar-refractivity contribution in [2.75, 3.05) is 32.8 Å². The number of hydrogen-bond donors (Lipinski definition) is 2. The minimum atomic E-state index is -1.38. The Bertz CT molecular complexity index is 1850. The van der Waals surface area contributed by atoms with E-state index >= 15 is 0 Å². The molecule has 3 aromatic rings. The Balaban J connectivity index is 1.24. The normalized spacial score (nSPS) is 18.5. The van der Waals surface area contributed by atoms with E-state index in [-0.39, 0.29) is 56.8 Å². The van der Waals surface area contributed by atoms with Crippen molar-refractivity contribution in [2.24, 2.45) is 0 Å². The summed E-state index contributed by atoms with van der Waals surface area (Å²) in [5.41, 5.74) is 4.74. The van der Waals surface area contributed by atoms with Crippen LogP contribution in [0.4, 0.5) is 22.8 Å². The van der Waals surface area contributed by atoms with Gasteiger partial charge in [0.1, 0.15) is 12.4 Å². The fourth-order valence-electron chi connectivity index (χ4n) is 6.92. The van der Waals surface area contributed by atoms with Crippen LogP contribution < -0.4 is 9.47 Å². The maximum atomic E-state index is 14.6. The summed E-state index contributed by atoms with van der Waals surface area (Å²) in [7, 11) is 0. The van der Waals surface area contributed by atoms with Crippen molar-refractivity contribution < 1.29 is 47.2 Å². The van der Waals surface area contributed by atoms with Crippen molar-refractivity contribution in [1.29, 1.82) is 0 Å². The molecule has 1 saturated carbocycles. The van der Waals surface area contributed by atoms with Crippen LogP contribution in [0.5, 0.6) is 11.5 Å². The monoisotopic (exact) mass is 707 g/mol. The summed E-state index contributed by atoms with van der Waals surface area (Å²) in [4.78, 5) is 43.4. The molecule has 2 fully saturated rings. The molecule has 10 nitrogen and oxygen atoms in total. The minimum absolute atomic E-state index is 0.0240. The number of rotatable bonds is 12. The number of halogens is 3. The summed E-state index contributed by atoms with van der Waals surface area (Å²) >= 11 is 0. The van der Waals surface area contributed by atoms with E-state index in [1.165, 1.54) is 9.80 Å². The van der Waals surface area contributed by atoms with E-state index in [9.17, 15) is 37.8 Å². The Morgan fingerprint density at radius 1 is 0.863 bits per heavy atom. The van der Waals surface area contributed by atoms with Gasteiger partial charge in [-0.1, -0.05) is 30.3 Å². The van der Waals surface area contributed by atoms with Gasteiger partial charge >= 0.3 is 12.2 Å². The summed E-state index contributed by atoms with van der Waals surface area (Å²) in [6.45, 7) is 4.24. The maximum Gasteiger partial charge on any atom is 0.408 e. The number of piperazine rings is 1. The Morgan fingerprint density at radius 3 is 2.25 bits per heavy atom. The second-order valence-electron chi connectivity index (χ2n) is 13.3. The van der Waals surface area contributed by atoms with Crippen molar-refractivity contribution in [3.63, 3.8) is 0 Å². The number of hydrogen-bond acceptors (Lipinski definition) is 5. The zero-order valence-electron chi connectivity index (χ0n) is 28.4. The molecule has 2 atom stereocenters. The molecule has 0 aromatic heterocycles. The number of fused-ring (bicyclic) bond motifs is 2. The van der Waals surface area contributed by atoms with Crippen molar-refractivity contribution in [1.82, 2.24) is 14.7 Å². The number of carboxylic acid groups (broad SMARTS) is 2. The van der Waals surface area contributed by atoms with Crippen LogP contribution in [0.2, 0.25) is 0 Å². The number of ether oxygens (including phenoxy) is 2. The molecule has 0 unspecified atom stereocenters. The Labute approximate surface area is 293 Å². The van der Waals surface area contributed by atoms with E-state index in [0.29, 0.717) is 35.8 Å². The third-order valence-electron chi connectivity index (χ3n) is 9.86. The van der Waals surface area contributed by atoms with Crippen LogP contribution in [0.1, 0.15) is 47.9 Å². The van der Waals surface area contributed by atoms with Crippen molar-refractivity contribution in [3.05, 3.63) is 99.9 Å². The van der Waals surface area contributed by atoms with Gasteiger partial charge in [0.25, 0.3) is 5.91 Å². The van der Waals surface area contributed by atoms with Crippen molar-refractivity contribution in [2.45, 2.75) is 64.1 Å². The lowest BCUT2D eigenvalue weighted by Gasteiger charge is -2.49. The van der Waals surface area contributed by atoms with Gasteiger partial charge in [-0.25, -0.2) is 18.4 Å². The molecular formula is C38H40F3N3O7. The van der Waals surface area contributed by atoms with Crippen molar-refractivity contribution >= 4 is 23.7 Å². The quantitative estimate of drug-likeness (QED) is 0.159. The standard InChI is InChI=1S/C38H40F3N3O7/c1-22-5-12-28(18-23(22)2)50-17-15-43(26-10-11-26)36(45)33-29(19-27-20-42(37(46)47)21-32(33)44(27)38(48)49)25-8-6-24(7-9-25)4-3-16-51-35-31(40)14-13-30(39)34(35)41/h5-9,12-14,18,26-27,32H,3-4,10-11,15-17,19-21H2,1-2H3,(H,46,47)(H,48,49)/t27-,32-/m1/s1. The molecule has 3 amide bonds. The first-order valence-corrected chi connectivity index (χ1v) is 17.0. The van der Waals surface area contributed by atoms with Crippen molar-refractivity contribution in [3.8, 4) is 11.5 Å². The number of carbonyl (C=O) groups excluding carboxylic acids is 1. The number of benzene rings is 3. The van der Waals surface area contributed by atoms with Gasteiger partial charge in [0.2, 0.25) is 5.82 Å². The van der Waals surface area contributed by atoms with Crippen LogP contribution >= 0.6 is 0 Å². The molecule has 2 N–H and O–H groups in total. The van der Waals surface area contributed by atoms with E-state index < -0.39 is 47.5 Å². The highest BCUT2D eigenvalue weighted by atomic mass is 19.2. The zero-order valence-corrected chi connectivity index (χ0v) is 28.4. The van der Waals surface area contributed by atoms with Gasteiger partial charge in [-0.15, -0.1) is 0 Å². The first-order chi connectivity index (χ1) is 24.4.